The molecule has 6 heteroatoms. The normalized spacial score (nSPS) is 18.5. The van der Waals surface area contributed by atoms with Crippen molar-refractivity contribution in [1.82, 2.24) is 15.5 Å². The largest absolute Gasteiger partial charge is 0.380 e. The van der Waals surface area contributed by atoms with E-state index in [4.69, 9.17) is 4.52 Å². The minimum absolute atomic E-state index is 0.181. The van der Waals surface area contributed by atoms with Crippen molar-refractivity contribution in [2.75, 3.05) is 0 Å². The highest BCUT2D eigenvalue weighted by atomic mass is 16.5. The van der Waals surface area contributed by atoms with E-state index < -0.39 is 5.60 Å². The highest BCUT2D eigenvalue weighted by molar-refractivity contribution is 5.85. The number of hydrogen-bond acceptors (Lipinski definition) is 5. The Hall–Kier alpha value is -1.43. The monoisotopic (exact) mass is 267 g/mol. The zero-order chi connectivity index (χ0) is 14.1. The Kier molecular flexibility index (Phi) is 3.62. The number of amides is 1. The van der Waals surface area contributed by atoms with Gasteiger partial charge in [-0.05, 0) is 25.7 Å². The van der Waals surface area contributed by atoms with Crippen LogP contribution in [-0.4, -0.2) is 26.8 Å². The van der Waals surface area contributed by atoms with Gasteiger partial charge < -0.3 is 14.9 Å². The lowest BCUT2D eigenvalue weighted by Crippen LogP contribution is -2.44. The van der Waals surface area contributed by atoms with Crippen LogP contribution in [0.3, 0.4) is 0 Å². The van der Waals surface area contributed by atoms with Crippen molar-refractivity contribution in [1.29, 1.82) is 0 Å². The van der Waals surface area contributed by atoms with Crippen LogP contribution in [0.1, 0.15) is 58.2 Å². The molecule has 1 heterocycles. The summed E-state index contributed by atoms with van der Waals surface area (Å²) in [5, 5.41) is 16.6. The predicted molar refractivity (Wildman–Crippen MR) is 68.3 cm³/mol. The number of aliphatic hydroxyl groups is 1. The van der Waals surface area contributed by atoms with Gasteiger partial charge in [-0.25, -0.2) is 0 Å². The number of hydrogen-bond donors (Lipinski definition) is 2. The molecule has 0 radical (unpaired) electrons. The summed E-state index contributed by atoms with van der Waals surface area (Å²) in [4.78, 5) is 16.1. The molecule has 106 valence electrons. The molecule has 2 N–H and O–H groups in total. The van der Waals surface area contributed by atoms with E-state index >= 15 is 0 Å². The second-order valence-electron chi connectivity index (χ2n) is 6.19. The van der Waals surface area contributed by atoms with Gasteiger partial charge in [0.05, 0.1) is 6.54 Å². The first-order valence-corrected chi connectivity index (χ1v) is 6.65. The fourth-order valence-corrected chi connectivity index (χ4v) is 2.14. The molecule has 1 saturated carbocycles. The molecule has 6 nitrogen and oxygen atoms in total. The van der Waals surface area contributed by atoms with Crippen LogP contribution in [0.15, 0.2) is 4.52 Å². The lowest BCUT2D eigenvalue weighted by atomic mass is 9.97. The van der Waals surface area contributed by atoms with Crippen LogP contribution in [-0.2, 0) is 16.8 Å². The van der Waals surface area contributed by atoms with E-state index in [0.29, 0.717) is 24.6 Å². The summed E-state index contributed by atoms with van der Waals surface area (Å²) in [5.74, 6) is 0.628. The minimum atomic E-state index is -1.21. The van der Waals surface area contributed by atoms with Crippen LogP contribution in [0, 0.1) is 0 Å². The van der Waals surface area contributed by atoms with Crippen molar-refractivity contribution < 1.29 is 14.4 Å². The predicted octanol–water partition coefficient (Wildman–Crippen LogP) is 1.29. The van der Waals surface area contributed by atoms with E-state index in [-0.39, 0.29) is 17.9 Å². The molecule has 0 bridgehead atoms. The van der Waals surface area contributed by atoms with Crippen LogP contribution in [0.5, 0.6) is 0 Å². The lowest BCUT2D eigenvalue weighted by molar-refractivity contribution is -0.139. The van der Waals surface area contributed by atoms with Gasteiger partial charge in [0.2, 0.25) is 5.89 Å². The Balaban J connectivity index is 1.92. The van der Waals surface area contributed by atoms with Gasteiger partial charge >= 0.3 is 0 Å². The highest BCUT2D eigenvalue weighted by Crippen LogP contribution is 2.29. The van der Waals surface area contributed by atoms with Crippen LogP contribution >= 0.6 is 0 Å². The van der Waals surface area contributed by atoms with Crippen LogP contribution in [0.25, 0.3) is 0 Å². The van der Waals surface area contributed by atoms with E-state index in [2.05, 4.69) is 15.5 Å². The molecule has 1 aliphatic carbocycles. The Morgan fingerprint density at radius 2 is 2.05 bits per heavy atom. The van der Waals surface area contributed by atoms with E-state index in [1.165, 1.54) is 0 Å². The van der Waals surface area contributed by atoms with Gasteiger partial charge in [-0.15, -0.1) is 0 Å². The van der Waals surface area contributed by atoms with Crippen molar-refractivity contribution in [3.63, 3.8) is 0 Å². The van der Waals surface area contributed by atoms with E-state index in [1.54, 1.807) is 0 Å². The smallest absolute Gasteiger partial charge is 0.252 e. The van der Waals surface area contributed by atoms with E-state index in [9.17, 15) is 9.90 Å². The second-order valence-corrected chi connectivity index (χ2v) is 6.19. The van der Waals surface area contributed by atoms with Crippen LogP contribution in [0.2, 0.25) is 0 Å². The summed E-state index contributed by atoms with van der Waals surface area (Å²) in [6, 6.07) is 0. The Labute approximate surface area is 112 Å². The summed E-state index contributed by atoms with van der Waals surface area (Å²) in [6.07, 6.45) is 2.83. The molecule has 2 rings (SSSR count). The molecular formula is C13H21N3O3. The molecule has 0 unspecified atom stereocenters. The standard InChI is InChI=1S/C13H21N3O3/c1-12(2,3)11-15-9(16-19-11)8-14-10(17)13(18)6-4-5-7-13/h18H,4-8H2,1-3H3,(H,14,17). The van der Waals surface area contributed by atoms with E-state index in [0.717, 1.165) is 12.8 Å². The zero-order valence-electron chi connectivity index (χ0n) is 11.7. The molecule has 0 saturated heterocycles. The lowest BCUT2D eigenvalue weighted by Gasteiger charge is -2.20. The van der Waals surface area contributed by atoms with Gasteiger partial charge in [-0.3, -0.25) is 4.79 Å². The Bertz CT molecular complexity index is 456. The molecule has 1 aliphatic rings. The Morgan fingerprint density at radius 3 is 2.58 bits per heavy atom. The first kappa shape index (κ1) is 14.0. The molecular weight excluding hydrogens is 246 g/mol. The number of carbonyl (C=O) groups is 1. The maximum absolute atomic E-state index is 11.9. The maximum Gasteiger partial charge on any atom is 0.252 e. The quantitative estimate of drug-likeness (QED) is 0.861. The van der Waals surface area contributed by atoms with Crippen LogP contribution < -0.4 is 5.32 Å². The number of nitrogens with one attached hydrogen (secondary N) is 1. The average molecular weight is 267 g/mol. The van der Waals surface area contributed by atoms with Gasteiger partial charge in [0.15, 0.2) is 5.82 Å². The molecule has 1 amide bonds. The van der Waals surface area contributed by atoms with Gasteiger partial charge in [0, 0.05) is 5.41 Å². The van der Waals surface area contributed by atoms with Crippen molar-refractivity contribution in [2.24, 2.45) is 0 Å². The fourth-order valence-electron chi connectivity index (χ4n) is 2.14. The molecule has 1 fully saturated rings. The zero-order valence-corrected chi connectivity index (χ0v) is 11.7. The first-order valence-electron chi connectivity index (χ1n) is 6.65. The number of nitrogens with zero attached hydrogens (tertiary/aromatic N) is 2. The fraction of sp³-hybridized carbons (Fsp3) is 0.769. The molecule has 0 aliphatic heterocycles. The van der Waals surface area contributed by atoms with Crippen molar-refractivity contribution in [3.05, 3.63) is 11.7 Å². The molecule has 19 heavy (non-hydrogen) atoms. The molecule has 0 aromatic carbocycles. The summed E-state index contributed by atoms with van der Waals surface area (Å²) < 4.78 is 5.14. The van der Waals surface area contributed by atoms with Crippen molar-refractivity contribution in [2.45, 2.75) is 64.0 Å². The average Bonchev–Trinajstić information content (AvgIpc) is 2.94. The third-order valence-corrected chi connectivity index (χ3v) is 3.37. The maximum atomic E-state index is 11.9. The van der Waals surface area contributed by atoms with Gasteiger partial charge in [-0.2, -0.15) is 4.98 Å². The van der Waals surface area contributed by atoms with Gasteiger partial charge in [0.25, 0.3) is 5.91 Å². The molecule has 1 aromatic heterocycles. The number of carbonyl (C=O) groups excluding carboxylic acids is 1. The van der Waals surface area contributed by atoms with Crippen molar-refractivity contribution in [3.8, 4) is 0 Å². The van der Waals surface area contributed by atoms with Gasteiger partial charge in [0.1, 0.15) is 5.60 Å². The topological polar surface area (TPSA) is 88.2 Å². The second kappa shape index (κ2) is 4.92. The van der Waals surface area contributed by atoms with Gasteiger partial charge in [-0.1, -0.05) is 25.9 Å². The van der Waals surface area contributed by atoms with E-state index in [1.807, 2.05) is 20.8 Å². The minimum Gasteiger partial charge on any atom is -0.380 e. The third kappa shape index (κ3) is 3.12. The third-order valence-electron chi connectivity index (χ3n) is 3.37. The summed E-state index contributed by atoms with van der Waals surface area (Å²) in [6.45, 7) is 6.11. The SMILES string of the molecule is CC(C)(C)c1nc(CNC(=O)C2(O)CCCC2)no1. The van der Waals surface area contributed by atoms with Crippen LogP contribution in [0.4, 0.5) is 0 Å². The summed E-state index contributed by atoms with van der Waals surface area (Å²) in [7, 11) is 0. The number of rotatable bonds is 3. The first-order chi connectivity index (χ1) is 8.81. The summed E-state index contributed by atoms with van der Waals surface area (Å²) >= 11 is 0. The summed E-state index contributed by atoms with van der Waals surface area (Å²) in [5.41, 5.74) is -1.42. The van der Waals surface area contributed by atoms with Crippen molar-refractivity contribution >= 4 is 5.91 Å². The number of aromatic nitrogens is 2. The molecule has 0 spiro atoms. The molecule has 1 aromatic rings. The Morgan fingerprint density at radius 1 is 1.42 bits per heavy atom. The molecule has 0 atom stereocenters. The highest BCUT2D eigenvalue weighted by Gasteiger charge is 2.38.